The van der Waals surface area contributed by atoms with Crippen molar-refractivity contribution in [3.8, 4) is 0 Å². The molecule has 0 fully saturated rings. The summed E-state index contributed by atoms with van der Waals surface area (Å²) in [4.78, 5) is 9.32. The predicted molar refractivity (Wildman–Crippen MR) is 88.6 cm³/mol. The van der Waals surface area contributed by atoms with Gasteiger partial charge < -0.3 is 9.84 Å². The minimum absolute atomic E-state index is 0.0347. The van der Waals surface area contributed by atoms with Gasteiger partial charge in [0, 0.05) is 29.4 Å². The van der Waals surface area contributed by atoms with Crippen LogP contribution in [0, 0.1) is 0 Å². The second kappa shape index (κ2) is 10.2. The molecule has 0 aromatic rings. The van der Waals surface area contributed by atoms with Crippen molar-refractivity contribution in [1.82, 2.24) is 0 Å². The molecule has 1 N–H and O–H groups in total. The Morgan fingerprint density at radius 1 is 1.00 bits per heavy atom. The number of hydrogen-bond acceptors (Lipinski definition) is 2. The van der Waals surface area contributed by atoms with Gasteiger partial charge in [-0.05, 0) is 12.1 Å². The summed E-state index contributed by atoms with van der Waals surface area (Å²) in [6.07, 6.45) is 0. The zero-order valence-electron chi connectivity index (χ0n) is 12.7. The first kappa shape index (κ1) is 20.7. The number of aliphatic carboxylic acids is 1. The van der Waals surface area contributed by atoms with Crippen LogP contribution in [0.4, 0.5) is 0 Å². The molecule has 0 spiro atoms. The van der Waals surface area contributed by atoms with E-state index in [2.05, 4.69) is 55.2 Å². The molecule has 0 aromatic carbocycles. The van der Waals surface area contributed by atoms with E-state index in [1.54, 1.807) is 0 Å². The highest BCUT2D eigenvalue weighted by atomic mass is 79.9. The molecule has 6 heteroatoms. The Kier molecular flexibility index (Phi) is 11.7. The van der Waals surface area contributed by atoms with Crippen LogP contribution in [-0.2, 0) is 9.53 Å². The van der Waals surface area contributed by atoms with Crippen LogP contribution in [-0.4, -0.2) is 45.8 Å². The molecular formula is C12H29BrO3Si2. The van der Waals surface area contributed by atoms with Crippen LogP contribution < -0.4 is 0 Å². The number of hydrogen-bond donors (Lipinski definition) is 1. The molecule has 0 atom stereocenters. The summed E-state index contributed by atoms with van der Waals surface area (Å²) in [6.45, 7) is 16.4. The summed E-state index contributed by atoms with van der Waals surface area (Å²) in [5.74, 6) is -0.829. The third-order valence-electron chi connectivity index (χ3n) is 2.11. The summed E-state index contributed by atoms with van der Waals surface area (Å²) in [5, 5.41) is 7.71. The number of carboxylic acid groups (broad SMARTS) is 1. The molecule has 0 saturated heterocycles. The molecule has 3 nitrogen and oxygen atoms in total. The monoisotopic (exact) mass is 356 g/mol. The summed E-state index contributed by atoms with van der Waals surface area (Å²) < 4.78 is 5.66. The van der Waals surface area contributed by atoms with Gasteiger partial charge in [0.1, 0.15) is 5.33 Å². The van der Waals surface area contributed by atoms with Crippen LogP contribution in [0.5, 0.6) is 0 Å². The lowest BCUT2D eigenvalue weighted by Crippen LogP contribution is -2.24. The van der Waals surface area contributed by atoms with Gasteiger partial charge in [0.2, 0.25) is 0 Å². The molecule has 0 aliphatic rings. The summed E-state index contributed by atoms with van der Waals surface area (Å²) >= 11 is 2.71. The molecule has 0 unspecified atom stereocenters. The Morgan fingerprint density at radius 2 is 1.28 bits per heavy atom. The highest BCUT2D eigenvalue weighted by molar-refractivity contribution is 9.09. The van der Waals surface area contributed by atoms with Crippen molar-refractivity contribution in [2.45, 2.75) is 51.4 Å². The van der Waals surface area contributed by atoms with Crippen LogP contribution in [0.1, 0.15) is 0 Å². The van der Waals surface area contributed by atoms with Crippen molar-refractivity contribution in [1.29, 1.82) is 0 Å². The molecule has 0 saturated carbocycles. The number of carbonyl (C=O) groups is 1. The Morgan fingerprint density at radius 3 is 1.44 bits per heavy atom. The van der Waals surface area contributed by atoms with Gasteiger partial charge in [0.25, 0.3) is 0 Å². The van der Waals surface area contributed by atoms with E-state index in [4.69, 9.17) is 9.84 Å². The molecule has 18 heavy (non-hydrogen) atoms. The van der Waals surface area contributed by atoms with Crippen LogP contribution in [0.3, 0.4) is 0 Å². The van der Waals surface area contributed by atoms with Crippen molar-refractivity contribution < 1.29 is 14.6 Å². The minimum atomic E-state index is -0.867. The first-order chi connectivity index (χ1) is 7.98. The van der Waals surface area contributed by atoms with E-state index >= 15 is 0 Å². The fraction of sp³-hybridized carbons (Fsp3) is 0.917. The van der Waals surface area contributed by atoms with Crippen LogP contribution in [0.15, 0.2) is 0 Å². The number of carboxylic acids is 1. The molecule has 0 aliphatic heterocycles. The largest absolute Gasteiger partial charge is 0.481 e. The highest BCUT2D eigenvalue weighted by Crippen LogP contribution is 2.10. The molecule has 0 rings (SSSR count). The Balaban J connectivity index is 0. The first-order valence-electron chi connectivity index (χ1n) is 6.33. The van der Waals surface area contributed by atoms with Crippen LogP contribution in [0.2, 0.25) is 51.4 Å². The molecule has 0 radical (unpaired) electrons. The fourth-order valence-electron chi connectivity index (χ4n) is 0.859. The number of rotatable bonds is 7. The molecule has 110 valence electrons. The Hall–Kier alpha value is 0.344. The molecule has 0 bridgehead atoms. The minimum Gasteiger partial charge on any atom is -0.481 e. The number of alkyl halides is 1. The average molecular weight is 357 g/mol. The lowest BCUT2D eigenvalue weighted by atomic mass is 10.8. The zero-order chi connectivity index (χ0) is 14.8. The standard InChI is InChI=1S/C10H26OSi2.C2H3BrO2/c1-12(2,3)9-7-11-8-10-13(4,5)6;3-1-2(4)5/h7-10H2,1-6H3;1H2,(H,4,5). The van der Waals surface area contributed by atoms with E-state index in [-0.39, 0.29) is 5.33 Å². The SMILES string of the molecule is C[Si](C)(C)CCOCC[Si](C)(C)C.O=C(O)CBr. The molecular weight excluding hydrogens is 328 g/mol. The van der Waals surface area contributed by atoms with E-state index in [0.29, 0.717) is 0 Å². The van der Waals surface area contributed by atoms with Gasteiger partial charge >= 0.3 is 5.97 Å². The van der Waals surface area contributed by atoms with Crippen molar-refractivity contribution >= 4 is 38.0 Å². The third-order valence-corrected chi connectivity index (χ3v) is 6.00. The smallest absolute Gasteiger partial charge is 0.314 e. The lowest BCUT2D eigenvalue weighted by molar-refractivity contribution is -0.133. The second-order valence-electron chi connectivity index (χ2n) is 6.76. The fourth-order valence-corrected chi connectivity index (χ4v) is 2.37. The van der Waals surface area contributed by atoms with Crippen molar-refractivity contribution in [2.24, 2.45) is 0 Å². The molecule has 0 aliphatic carbocycles. The maximum Gasteiger partial charge on any atom is 0.314 e. The van der Waals surface area contributed by atoms with Crippen molar-refractivity contribution in [2.75, 3.05) is 18.5 Å². The van der Waals surface area contributed by atoms with Gasteiger partial charge in [-0.3, -0.25) is 4.79 Å². The normalized spacial score (nSPS) is 11.7. The van der Waals surface area contributed by atoms with Gasteiger partial charge in [0.05, 0.1) is 0 Å². The van der Waals surface area contributed by atoms with Crippen LogP contribution >= 0.6 is 15.9 Å². The van der Waals surface area contributed by atoms with Crippen LogP contribution in [0.25, 0.3) is 0 Å². The molecule has 0 amide bonds. The van der Waals surface area contributed by atoms with Crippen molar-refractivity contribution in [3.63, 3.8) is 0 Å². The second-order valence-corrected chi connectivity index (χ2v) is 18.6. The van der Waals surface area contributed by atoms with E-state index in [0.717, 1.165) is 13.2 Å². The van der Waals surface area contributed by atoms with E-state index < -0.39 is 22.1 Å². The van der Waals surface area contributed by atoms with Gasteiger partial charge in [-0.2, -0.15) is 0 Å². The zero-order valence-corrected chi connectivity index (χ0v) is 16.3. The van der Waals surface area contributed by atoms with E-state index in [1.807, 2.05) is 0 Å². The van der Waals surface area contributed by atoms with Crippen molar-refractivity contribution in [3.05, 3.63) is 0 Å². The quantitative estimate of drug-likeness (QED) is 0.423. The first-order valence-corrected chi connectivity index (χ1v) is 14.9. The number of ether oxygens (including phenoxy) is 1. The Labute approximate surface area is 122 Å². The summed E-state index contributed by atoms with van der Waals surface area (Å²) in [7, 11) is -1.73. The molecule has 0 aromatic heterocycles. The Bertz CT molecular complexity index is 206. The average Bonchev–Trinajstić information content (AvgIpc) is 2.14. The van der Waals surface area contributed by atoms with E-state index in [1.165, 1.54) is 12.1 Å². The highest BCUT2D eigenvalue weighted by Gasteiger charge is 2.14. The van der Waals surface area contributed by atoms with Gasteiger partial charge in [0.15, 0.2) is 0 Å². The van der Waals surface area contributed by atoms with E-state index in [9.17, 15) is 4.79 Å². The summed E-state index contributed by atoms with van der Waals surface area (Å²) in [6, 6.07) is 2.61. The predicted octanol–water partition coefficient (Wildman–Crippen LogP) is 4.15. The number of halogens is 1. The van der Waals surface area contributed by atoms with Gasteiger partial charge in [-0.15, -0.1) is 0 Å². The van der Waals surface area contributed by atoms with Gasteiger partial charge in [-0.25, -0.2) is 0 Å². The third kappa shape index (κ3) is 25.3. The lowest BCUT2D eigenvalue weighted by Gasteiger charge is -2.18. The van der Waals surface area contributed by atoms with Gasteiger partial charge in [-0.1, -0.05) is 55.2 Å². The maximum atomic E-state index is 9.32. The topological polar surface area (TPSA) is 46.5 Å². The summed E-state index contributed by atoms with van der Waals surface area (Å²) in [5.41, 5.74) is 0. The molecule has 0 heterocycles. The maximum absolute atomic E-state index is 9.32.